The number of nitrogens with two attached hydrogens (primary N) is 1. The average molecular weight is 975 g/mol. The number of hydrogen-bond donors (Lipinski definition) is 11. The highest BCUT2D eigenvalue weighted by atomic mass is 16.6. The Morgan fingerprint density at radius 1 is 0.537 bits per heavy atom. The van der Waals surface area contributed by atoms with Crippen LogP contribution in [0.1, 0.15) is 62.3 Å². The molecule has 0 heterocycles. The second-order valence-electron chi connectivity index (χ2n) is 14.9. The van der Waals surface area contributed by atoms with Crippen molar-refractivity contribution in [1.29, 1.82) is 0 Å². The molecule has 0 aliphatic heterocycles. The molecule has 1 amide bonds. The Kier molecular flexibility index (Phi) is 40.8. The van der Waals surface area contributed by atoms with Crippen LogP contribution < -0.4 is 11.1 Å². The molecule has 0 spiro atoms. The summed E-state index contributed by atoms with van der Waals surface area (Å²) in [4.78, 5) is 74.9. The lowest BCUT2D eigenvalue weighted by Gasteiger charge is -2.27. The minimum atomic E-state index is -1.79. The largest absolute Gasteiger partial charge is 0.469 e. The summed E-state index contributed by atoms with van der Waals surface area (Å²) >= 11 is 0. The van der Waals surface area contributed by atoms with E-state index >= 15 is 0 Å². The molecule has 0 saturated carbocycles. The lowest BCUT2D eigenvalue weighted by atomic mass is 10.0. The third-order valence-corrected chi connectivity index (χ3v) is 6.96. The third-order valence-electron chi connectivity index (χ3n) is 6.96. The summed E-state index contributed by atoms with van der Waals surface area (Å²) in [7, 11) is 2.68. The van der Waals surface area contributed by atoms with E-state index in [1.807, 2.05) is 0 Å². The van der Waals surface area contributed by atoms with Crippen LogP contribution in [0.15, 0.2) is 48.6 Å². The molecular formula is C42H74N2O23. The van der Waals surface area contributed by atoms with Crippen LogP contribution in [0.5, 0.6) is 0 Å². The van der Waals surface area contributed by atoms with Gasteiger partial charge in [0.25, 0.3) is 0 Å². The number of rotatable bonds is 21. The van der Waals surface area contributed by atoms with Crippen molar-refractivity contribution in [3.05, 3.63) is 48.6 Å². The first-order valence-corrected chi connectivity index (χ1v) is 19.7. The first kappa shape index (κ1) is 70.7. The molecule has 0 fully saturated rings. The second kappa shape index (κ2) is 38.7. The highest BCUT2D eigenvalue weighted by molar-refractivity contribution is 5.88. The molecule has 0 aromatic heterocycles. The summed E-state index contributed by atoms with van der Waals surface area (Å²) in [5, 5.41) is 86.9. The van der Waals surface area contributed by atoms with E-state index in [1.165, 1.54) is 41.9 Å². The van der Waals surface area contributed by atoms with Gasteiger partial charge in [0.1, 0.15) is 62.0 Å². The van der Waals surface area contributed by atoms with Gasteiger partial charge in [0, 0.05) is 49.2 Å². The van der Waals surface area contributed by atoms with E-state index in [1.54, 1.807) is 27.7 Å². The van der Waals surface area contributed by atoms with Crippen LogP contribution in [0.4, 0.5) is 4.79 Å². The fourth-order valence-electron chi connectivity index (χ4n) is 3.20. The molecule has 0 aliphatic carbocycles. The van der Waals surface area contributed by atoms with Gasteiger partial charge in [-0.25, -0.2) is 24.0 Å². The molecule has 0 aromatic carbocycles. The maximum atomic E-state index is 11.4. The number of methoxy groups -OCH3 is 2. The fourth-order valence-corrected chi connectivity index (χ4v) is 3.20. The average Bonchev–Trinajstić information content (AvgIpc) is 3.25. The van der Waals surface area contributed by atoms with Crippen LogP contribution in [0.2, 0.25) is 0 Å². The van der Waals surface area contributed by atoms with Crippen LogP contribution in [0, 0.1) is 0 Å². The summed E-state index contributed by atoms with van der Waals surface area (Å²) < 4.78 is 31.9. The Labute approximate surface area is 390 Å². The first-order valence-electron chi connectivity index (χ1n) is 19.7. The van der Waals surface area contributed by atoms with Crippen molar-refractivity contribution >= 4 is 41.9 Å². The van der Waals surface area contributed by atoms with Crippen molar-refractivity contribution in [2.75, 3.05) is 53.7 Å². The fraction of sp³-hybridized carbons (Fsp3) is 0.643. The van der Waals surface area contributed by atoms with E-state index in [2.05, 4.69) is 50.6 Å². The predicted octanol–water partition coefficient (Wildman–Crippen LogP) is -2.47. The van der Waals surface area contributed by atoms with Crippen molar-refractivity contribution in [3.8, 4) is 0 Å². The van der Waals surface area contributed by atoms with E-state index in [0.717, 1.165) is 6.92 Å². The molecule has 12 N–H and O–H groups in total. The van der Waals surface area contributed by atoms with Gasteiger partial charge in [-0.1, -0.05) is 26.3 Å². The molecule has 9 atom stereocenters. The van der Waals surface area contributed by atoms with Crippen molar-refractivity contribution < 1.29 is 113 Å². The Hall–Kier alpha value is -5.35. The molecule has 0 rings (SSSR count). The Balaban J connectivity index is -0.000000261. The van der Waals surface area contributed by atoms with Gasteiger partial charge in [-0.05, 0) is 48.5 Å². The molecular weight excluding hydrogens is 900 g/mol. The zero-order valence-electron chi connectivity index (χ0n) is 40.1. The van der Waals surface area contributed by atoms with Crippen LogP contribution in [0.25, 0.3) is 0 Å². The van der Waals surface area contributed by atoms with Gasteiger partial charge in [-0.2, -0.15) is 0 Å². The normalized spacial score (nSPS) is 14.2. The van der Waals surface area contributed by atoms with Gasteiger partial charge in [-0.3, -0.25) is 9.59 Å². The molecule has 0 aliphatic rings. The molecule has 0 bridgehead atoms. The molecule has 0 aromatic rings. The zero-order valence-corrected chi connectivity index (χ0v) is 40.1. The van der Waals surface area contributed by atoms with Gasteiger partial charge >= 0.3 is 41.9 Å². The van der Waals surface area contributed by atoms with Gasteiger partial charge in [0.15, 0.2) is 6.10 Å². The van der Waals surface area contributed by atoms with E-state index in [4.69, 9.17) is 30.2 Å². The number of hydrogen-bond acceptors (Lipinski definition) is 24. The zero-order chi connectivity index (χ0) is 53.9. The van der Waals surface area contributed by atoms with Crippen LogP contribution >= 0.6 is 0 Å². The van der Waals surface area contributed by atoms with Crippen molar-refractivity contribution in [1.82, 2.24) is 5.32 Å². The van der Waals surface area contributed by atoms with Gasteiger partial charge < -0.3 is 90.2 Å². The summed E-state index contributed by atoms with van der Waals surface area (Å²) in [5.41, 5.74) is 5.31. The number of esters is 6. The van der Waals surface area contributed by atoms with E-state index in [0.29, 0.717) is 5.57 Å². The van der Waals surface area contributed by atoms with Crippen LogP contribution in [0.3, 0.4) is 0 Å². The van der Waals surface area contributed by atoms with E-state index in [-0.39, 0.29) is 41.8 Å². The quantitative estimate of drug-likeness (QED) is 0.0322. The second-order valence-corrected chi connectivity index (χ2v) is 14.9. The first-order chi connectivity index (χ1) is 30.6. The standard InChI is InChI=1S/C15H27NO8.C11H16O5.C8H17NO6.C5H8O2.C3H6O2/c1-8(2)13(21)23-7-10(18)12(20)11(19)9(17)6-16-14(22)24-15(3,4)5;1-7(2)10(13)15-6-9(5-12)16-11(14)8(3)4;1-4(10)15-3-6(12)8(14)7(13)5(11)2-9;1-4(2)5(6)7-3;1-3(4)5-2/h9-12,17-20H,1,6-7H2,2-5H3,(H,16,22);9,12H,1,3,5-6H2,2,4H3;5-8,11-14H,2-3,9H2,1H3;1H2,2-3H3;1-2H3. The lowest BCUT2D eigenvalue weighted by molar-refractivity contribution is -0.156. The Morgan fingerprint density at radius 3 is 1.19 bits per heavy atom. The topological polar surface area (TPSA) is 404 Å². The maximum absolute atomic E-state index is 11.4. The Morgan fingerprint density at radius 2 is 0.896 bits per heavy atom. The van der Waals surface area contributed by atoms with Gasteiger partial charge in [-0.15, -0.1) is 0 Å². The molecule has 390 valence electrons. The number of alkyl carbamates (subject to hydrolysis) is 1. The third kappa shape index (κ3) is 40.6. The monoisotopic (exact) mass is 974 g/mol. The number of amides is 1. The summed E-state index contributed by atoms with van der Waals surface area (Å²) in [5.74, 6) is -3.20. The van der Waals surface area contributed by atoms with Crippen LogP contribution in [-0.2, 0) is 61.9 Å². The molecule has 9 unspecified atom stereocenters. The van der Waals surface area contributed by atoms with E-state index in [9.17, 15) is 69.3 Å². The van der Waals surface area contributed by atoms with E-state index < -0.39 is 117 Å². The Bertz CT molecular complexity index is 1560. The minimum absolute atomic E-state index is 0.110. The highest BCUT2D eigenvalue weighted by Crippen LogP contribution is 2.09. The van der Waals surface area contributed by atoms with Gasteiger partial charge in [0.2, 0.25) is 0 Å². The molecule has 67 heavy (non-hydrogen) atoms. The number of carbonyl (C=O) groups is 7. The predicted molar refractivity (Wildman–Crippen MR) is 236 cm³/mol. The summed E-state index contributed by atoms with van der Waals surface area (Å²) in [6, 6.07) is 0. The van der Waals surface area contributed by atoms with Crippen molar-refractivity contribution in [3.63, 3.8) is 0 Å². The number of ether oxygens (including phenoxy) is 7. The lowest BCUT2D eigenvalue weighted by Crippen LogP contribution is -2.50. The van der Waals surface area contributed by atoms with Gasteiger partial charge in [0.05, 0.1) is 33.0 Å². The molecule has 25 nitrogen and oxygen atoms in total. The van der Waals surface area contributed by atoms with Crippen LogP contribution in [-0.4, -0.2) is 202 Å². The number of aliphatic hydroxyl groups excluding tert-OH is 9. The maximum Gasteiger partial charge on any atom is 0.407 e. The number of nitrogens with one attached hydrogen (secondary N) is 1. The van der Waals surface area contributed by atoms with Crippen molar-refractivity contribution in [2.24, 2.45) is 5.73 Å². The number of aliphatic hydroxyl groups is 9. The minimum Gasteiger partial charge on any atom is -0.469 e. The SMILES string of the molecule is C=C(C)C(=O)OC.C=C(C)C(=O)OCC(CO)OC(=O)C(=C)C.C=C(C)C(=O)OCC(O)C(O)C(O)C(O)CNC(=O)OC(C)(C)C.CC(=O)OCC(O)C(O)C(O)C(O)CN.COC(C)=O. The smallest absolute Gasteiger partial charge is 0.407 e. The van der Waals surface area contributed by atoms with Crippen molar-refractivity contribution in [2.45, 2.75) is 123 Å². The number of carbonyl (C=O) groups excluding carboxylic acids is 7. The summed E-state index contributed by atoms with van der Waals surface area (Å²) in [6.07, 6.45) is -14.5. The molecule has 25 heteroatoms. The summed E-state index contributed by atoms with van der Waals surface area (Å²) in [6.45, 7) is 24.6. The molecule has 0 radical (unpaired) electrons. The molecule has 0 saturated heterocycles. The highest BCUT2D eigenvalue weighted by Gasteiger charge is 2.32.